The molecule has 0 aliphatic heterocycles. The highest BCUT2D eigenvalue weighted by molar-refractivity contribution is 6.12. The first-order valence-electron chi connectivity index (χ1n) is 23.5. The molecule has 11 aromatic rings. The van der Waals surface area contributed by atoms with Crippen molar-refractivity contribution in [1.82, 2.24) is 19.5 Å². The molecule has 2 aliphatic carbocycles. The number of hydrogen-bond donors (Lipinski definition) is 0. The Balaban J connectivity index is 1.07. The number of benzene rings is 8. The Bertz CT molecular complexity index is 3870. The van der Waals surface area contributed by atoms with Gasteiger partial charge < -0.3 is 8.98 Å². The maximum Gasteiger partial charge on any atom is 0.167 e. The Morgan fingerprint density at radius 3 is 1.99 bits per heavy atom. The van der Waals surface area contributed by atoms with Gasteiger partial charge >= 0.3 is 0 Å². The van der Waals surface area contributed by atoms with Crippen LogP contribution in [0.3, 0.4) is 0 Å². The molecule has 0 amide bonds. The third-order valence-electron chi connectivity index (χ3n) is 13.7. The fraction of sp³-hybridized carbons (Fsp3) is 0.0635. The summed E-state index contributed by atoms with van der Waals surface area (Å²) in [5.41, 5.74) is 16.0. The second kappa shape index (κ2) is 16.6. The lowest BCUT2D eigenvalue weighted by Crippen LogP contribution is -2.07. The minimum absolute atomic E-state index is 0.275. The molecular weight excluding hydrogens is 829 g/mol. The first-order chi connectivity index (χ1) is 33.7. The summed E-state index contributed by atoms with van der Waals surface area (Å²) >= 11 is 0. The standard InChI is InChI=1S/C63H44N4O/c1-5-18-41(19-6-1)43-32-34-46(35-33-43)61-64-62(66-63(65-61)52-29-17-28-51-50-27-14-16-31-58(50)68-60(51)52)48-39-53(44-22-9-3-10-23-44)59(54(40-48)45-24-11-4-12-25-45)67-56-30-15-13-26-49(56)55-38-47(36-37-57(55)67)42-20-7-2-8-21-42/h1-11,13-24,26-32,34-40,43H,12,25,33H2. The first-order valence-corrected chi connectivity index (χ1v) is 23.5. The highest BCUT2D eigenvalue weighted by Crippen LogP contribution is 2.45. The van der Waals surface area contributed by atoms with E-state index in [2.05, 4.69) is 217 Å². The topological polar surface area (TPSA) is 56.7 Å². The minimum Gasteiger partial charge on any atom is -0.455 e. The maximum atomic E-state index is 6.62. The van der Waals surface area contributed by atoms with Crippen molar-refractivity contribution < 1.29 is 4.42 Å². The van der Waals surface area contributed by atoms with Crippen molar-refractivity contribution in [1.29, 1.82) is 0 Å². The van der Waals surface area contributed by atoms with Gasteiger partial charge in [0.25, 0.3) is 0 Å². The zero-order valence-electron chi connectivity index (χ0n) is 37.3. The van der Waals surface area contributed by atoms with Gasteiger partial charge in [-0.25, -0.2) is 15.0 Å². The molecule has 2 aliphatic rings. The number of nitrogens with zero attached hydrogens (tertiary/aromatic N) is 4. The van der Waals surface area contributed by atoms with E-state index in [4.69, 9.17) is 19.4 Å². The number of allylic oxidation sites excluding steroid dienone is 8. The quantitative estimate of drug-likeness (QED) is 0.153. The Labute approximate surface area is 394 Å². The normalized spacial score (nSPS) is 14.8. The summed E-state index contributed by atoms with van der Waals surface area (Å²) in [6.07, 6.45) is 16.2. The van der Waals surface area contributed by atoms with Gasteiger partial charge in [0.2, 0.25) is 0 Å². The molecule has 0 radical (unpaired) electrons. The summed E-state index contributed by atoms with van der Waals surface area (Å²) in [6, 6.07) is 67.0. The average molecular weight is 873 g/mol. The largest absolute Gasteiger partial charge is 0.455 e. The predicted molar refractivity (Wildman–Crippen MR) is 280 cm³/mol. The van der Waals surface area contributed by atoms with Gasteiger partial charge in [-0.2, -0.15) is 0 Å². The third-order valence-corrected chi connectivity index (χ3v) is 13.7. The summed E-state index contributed by atoms with van der Waals surface area (Å²) in [4.78, 5) is 16.1. The van der Waals surface area contributed by atoms with Crippen LogP contribution in [0.15, 0.2) is 229 Å². The summed E-state index contributed by atoms with van der Waals surface area (Å²) in [5, 5.41) is 4.51. The van der Waals surface area contributed by atoms with E-state index in [9.17, 15) is 0 Å². The number of fused-ring (bicyclic) bond motifs is 6. The second-order valence-electron chi connectivity index (χ2n) is 17.8. The molecule has 3 aromatic heterocycles. The van der Waals surface area contributed by atoms with E-state index in [1.165, 1.54) is 33.0 Å². The smallest absolute Gasteiger partial charge is 0.167 e. The van der Waals surface area contributed by atoms with Crippen molar-refractivity contribution in [2.45, 2.75) is 25.2 Å². The fourth-order valence-electron chi connectivity index (χ4n) is 10.3. The Hall–Kier alpha value is -8.67. The molecule has 0 saturated heterocycles. The number of aromatic nitrogens is 4. The van der Waals surface area contributed by atoms with Gasteiger partial charge in [0.1, 0.15) is 11.2 Å². The number of rotatable bonds is 8. The highest BCUT2D eigenvalue weighted by atomic mass is 16.3. The molecule has 0 spiro atoms. The van der Waals surface area contributed by atoms with E-state index < -0.39 is 0 Å². The summed E-state index contributed by atoms with van der Waals surface area (Å²) in [7, 11) is 0. The molecule has 3 heterocycles. The molecule has 5 nitrogen and oxygen atoms in total. The van der Waals surface area contributed by atoms with E-state index in [0.717, 1.165) is 91.3 Å². The average Bonchev–Trinajstić information content (AvgIpc) is 3.97. The van der Waals surface area contributed by atoms with E-state index in [1.54, 1.807) is 0 Å². The zero-order chi connectivity index (χ0) is 45.0. The van der Waals surface area contributed by atoms with Crippen LogP contribution in [-0.2, 0) is 0 Å². The Kier molecular flexibility index (Phi) is 9.71. The van der Waals surface area contributed by atoms with Crippen LogP contribution in [0.1, 0.15) is 42.1 Å². The lowest BCUT2D eigenvalue weighted by molar-refractivity contribution is 0.669. The van der Waals surface area contributed by atoms with Gasteiger partial charge in [0.05, 0.1) is 22.3 Å². The van der Waals surface area contributed by atoms with Crippen LogP contribution < -0.4 is 0 Å². The number of furan rings is 1. The van der Waals surface area contributed by atoms with Gasteiger partial charge in [-0.1, -0.05) is 182 Å². The molecule has 0 bridgehead atoms. The Morgan fingerprint density at radius 2 is 1.19 bits per heavy atom. The monoisotopic (exact) mass is 872 g/mol. The van der Waals surface area contributed by atoms with E-state index >= 15 is 0 Å². The van der Waals surface area contributed by atoms with Crippen LogP contribution in [0, 0.1) is 0 Å². The Morgan fingerprint density at radius 1 is 0.500 bits per heavy atom. The summed E-state index contributed by atoms with van der Waals surface area (Å²) < 4.78 is 9.11. The lowest BCUT2D eigenvalue weighted by Gasteiger charge is -2.23. The first kappa shape index (κ1) is 39.7. The van der Waals surface area contributed by atoms with Crippen molar-refractivity contribution in [3.8, 4) is 50.7 Å². The van der Waals surface area contributed by atoms with Gasteiger partial charge in [0, 0.05) is 49.7 Å². The third kappa shape index (κ3) is 6.90. The van der Waals surface area contributed by atoms with Crippen LogP contribution in [0.2, 0.25) is 0 Å². The van der Waals surface area contributed by atoms with Gasteiger partial charge in [-0.05, 0) is 89.6 Å². The molecular formula is C63H44N4O. The fourth-order valence-corrected chi connectivity index (χ4v) is 10.3. The summed E-state index contributed by atoms with van der Waals surface area (Å²) in [5.74, 6) is 2.07. The van der Waals surface area contributed by atoms with E-state index in [-0.39, 0.29) is 5.92 Å². The molecule has 13 rings (SSSR count). The van der Waals surface area contributed by atoms with Crippen molar-refractivity contribution in [3.05, 3.63) is 241 Å². The number of hydrogen-bond acceptors (Lipinski definition) is 4. The second-order valence-corrected chi connectivity index (χ2v) is 17.8. The SMILES string of the molecule is C1=CCCC(c2cc(-c3nc(C4=CCC(c5ccccc5)C=C4)nc(-c4cccc5c4oc4ccccc45)n3)cc(-c3ccccc3)c2-n2c3ccccc3c3cc(-c4ccccc4)ccc32)=C1. The van der Waals surface area contributed by atoms with Crippen LogP contribution in [0.25, 0.3) is 106 Å². The highest BCUT2D eigenvalue weighted by Gasteiger charge is 2.25. The molecule has 0 N–H and O–H groups in total. The molecule has 0 saturated carbocycles. The van der Waals surface area contributed by atoms with Crippen molar-refractivity contribution in [2.24, 2.45) is 0 Å². The van der Waals surface area contributed by atoms with Crippen molar-refractivity contribution in [3.63, 3.8) is 0 Å². The van der Waals surface area contributed by atoms with Gasteiger partial charge in [-0.3, -0.25) is 0 Å². The van der Waals surface area contributed by atoms with Crippen LogP contribution in [0.4, 0.5) is 0 Å². The molecule has 8 aromatic carbocycles. The van der Waals surface area contributed by atoms with Crippen LogP contribution in [-0.4, -0.2) is 19.5 Å². The zero-order valence-corrected chi connectivity index (χ0v) is 37.3. The molecule has 1 unspecified atom stereocenters. The van der Waals surface area contributed by atoms with Crippen LogP contribution >= 0.6 is 0 Å². The number of para-hydroxylation sites is 3. The molecule has 322 valence electrons. The van der Waals surface area contributed by atoms with Gasteiger partial charge in [-0.15, -0.1) is 0 Å². The molecule has 5 heteroatoms. The predicted octanol–water partition coefficient (Wildman–Crippen LogP) is 16.4. The molecule has 1 atom stereocenters. The van der Waals surface area contributed by atoms with Crippen molar-refractivity contribution in [2.75, 3.05) is 0 Å². The lowest BCUT2D eigenvalue weighted by atomic mass is 9.89. The van der Waals surface area contributed by atoms with E-state index in [1.807, 2.05) is 12.1 Å². The minimum atomic E-state index is 0.275. The van der Waals surface area contributed by atoms with E-state index in [0.29, 0.717) is 17.5 Å². The van der Waals surface area contributed by atoms with Gasteiger partial charge in [0.15, 0.2) is 17.5 Å². The maximum absolute atomic E-state index is 6.62. The van der Waals surface area contributed by atoms with Crippen molar-refractivity contribution >= 4 is 54.9 Å². The van der Waals surface area contributed by atoms with Crippen LogP contribution in [0.5, 0.6) is 0 Å². The molecule has 68 heavy (non-hydrogen) atoms. The molecule has 0 fully saturated rings. The summed E-state index contributed by atoms with van der Waals surface area (Å²) in [6.45, 7) is 0.